The second-order valence-electron chi connectivity index (χ2n) is 7.31. The lowest BCUT2D eigenvalue weighted by Crippen LogP contribution is -2.64. The van der Waals surface area contributed by atoms with Gasteiger partial charge in [0.1, 0.15) is 0 Å². The van der Waals surface area contributed by atoms with Crippen molar-refractivity contribution in [1.29, 1.82) is 0 Å². The van der Waals surface area contributed by atoms with Crippen molar-refractivity contribution >= 4 is 11.8 Å². The van der Waals surface area contributed by atoms with Crippen molar-refractivity contribution in [2.45, 2.75) is 76.0 Å². The van der Waals surface area contributed by atoms with Gasteiger partial charge in [-0.3, -0.25) is 19.8 Å². The third-order valence-corrected chi connectivity index (χ3v) is 5.25. The van der Waals surface area contributed by atoms with Crippen molar-refractivity contribution in [2.24, 2.45) is 0 Å². The highest BCUT2D eigenvalue weighted by Crippen LogP contribution is 2.42. The van der Waals surface area contributed by atoms with E-state index in [1.165, 1.54) is 24.2 Å². The molecule has 0 bridgehead atoms. The van der Waals surface area contributed by atoms with Crippen LogP contribution in [0.15, 0.2) is 0 Å². The van der Waals surface area contributed by atoms with Crippen molar-refractivity contribution in [2.75, 3.05) is 13.1 Å². The van der Waals surface area contributed by atoms with Gasteiger partial charge < -0.3 is 4.74 Å². The van der Waals surface area contributed by atoms with Gasteiger partial charge in [-0.05, 0) is 39.5 Å². The summed E-state index contributed by atoms with van der Waals surface area (Å²) in [4.78, 5) is 25.8. The molecule has 0 aromatic heterocycles. The molecule has 21 heavy (non-hydrogen) atoms. The highest BCUT2D eigenvalue weighted by molar-refractivity contribution is 6.03. The Morgan fingerprint density at radius 3 is 2.62 bits per heavy atom. The van der Waals surface area contributed by atoms with E-state index in [9.17, 15) is 9.59 Å². The number of imide groups is 1. The Labute approximate surface area is 126 Å². The number of rotatable bonds is 2. The van der Waals surface area contributed by atoms with Crippen LogP contribution in [0.3, 0.4) is 0 Å². The van der Waals surface area contributed by atoms with Crippen LogP contribution in [0, 0.1) is 0 Å². The minimum atomic E-state index is -0.658. The molecule has 2 heterocycles. The average molecular weight is 294 g/mol. The molecule has 2 amide bonds. The predicted octanol–water partition coefficient (Wildman–Crippen LogP) is 1.61. The lowest BCUT2D eigenvalue weighted by molar-refractivity contribution is -0.156. The standard InChI is InChI=1S/C16H26N2O3/c1-15(2)14(20)18(13(19)10-17-15)11-12-6-9-16(21-12)7-4-3-5-8-16/h12,17H,3-11H2,1-2H3. The summed E-state index contributed by atoms with van der Waals surface area (Å²) in [6, 6.07) is 0. The van der Waals surface area contributed by atoms with Crippen LogP contribution in [0.1, 0.15) is 58.8 Å². The molecule has 3 rings (SSSR count). The van der Waals surface area contributed by atoms with Crippen molar-refractivity contribution in [3.63, 3.8) is 0 Å². The summed E-state index contributed by atoms with van der Waals surface area (Å²) in [5, 5.41) is 2.99. The molecule has 118 valence electrons. The second kappa shape index (κ2) is 5.36. The first kappa shape index (κ1) is 15.0. The molecule has 3 fully saturated rings. The van der Waals surface area contributed by atoms with Gasteiger partial charge in [0.15, 0.2) is 0 Å². The van der Waals surface area contributed by atoms with E-state index in [2.05, 4.69) is 5.32 Å². The van der Waals surface area contributed by atoms with Gasteiger partial charge in [-0.1, -0.05) is 19.3 Å². The molecule has 0 aromatic rings. The minimum absolute atomic E-state index is 0.0184. The molecule has 3 aliphatic rings. The van der Waals surface area contributed by atoms with E-state index >= 15 is 0 Å². The lowest BCUT2D eigenvalue weighted by Gasteiger charge is -2.38. The predicted molar refractivity (Wildman–Crippen MR) is 78.7 cm³/mol. The van der Waals surface area contributed by atoms with Crippen LogP contribution in [0.2, 0.25) is 0 Å². The van der Waals surface area contributed by atoms with Crippen LogP contribution in [0.25, 0.3) is 0 Å². The SMILES string of the molecule is CC1(C)NCC(=O)N(CC2CCC3(CCCCC3)O2)C1=O. The quantitative estimate of drug-likeness (QED) is 0.786. The Kier molecular flexibility index (Phi) is 3.82. The third-order valence-electron chi connectivity index (χ3n) is 5.25. The number of nitrogens with one attached hydrogen (secondary N) is 1. The maximum atomic E-state index is 12.4. The van der Waals surface area contributed by atoms with Gasteiger partial charge in [0.05, 0.1) is 30.3 Å². The van der Waals surface area contributed by atoms with Gasteiger partial charge in [0.25, 0.3) is 0 Å². The van der Waals surface area contributed by atoms with Gasteiger partial charge >= 0.3 is 0 Å². The summed E-state index contributed by atoms with van der Waals surface area (Å²) in [5.74, 6) is -0.264. The molecule has 1 spiro atoms. The normalized spacial score (nSPS) is 31.9. The Morgan fingerprint density at radius 1 is 1.19 bits per heavy atom. The number of carbonyl (C=O) groups excluding carboxylic acids is 2. The van der Waals surface area contributed by atoms with Crippen molar-refractivity contribution in [3.8, 4) is 0 Å². The number of ether oxygens (including phenoxy) is 1. The average Bonchev–Trinajstić information content (AvgIpc) is 2.83. The summed E-state index contributed by atoms with van der Waals surface area (Å²) in [6.45, 7) is 4.31. The van der Waals surface area contributed by atoms with Gasteiger partial charge in [-0.25, -0.2) is 0 Å². The summed E-state index contributed by atoms with van der Waals surface area (Å²) in [7, 11) is 0. The number of nitrogens with zero attached hydrogens (tertiary/aromatic N) is 1. The highest BCUT2D eigenvalue weighted by Gasteiger charge is 2.45. The van der Waals surface area contributed by atoms with E-state index in [-0.39, 0.29) is 30.1 Å². The fraction of sp³-hybridized carbons (Fsp3) is 0.875. The number of amides is 2. The van der Waals surface area contributed by atoms with Crippen LogP contribution >= 0.6 is 0 Å². The first-order chi connectivity index (χ1) is 9.92. The molecule has 0 aromatic carbocycles. The second-order valence-corrected chi connectivity index (χ2v) is 7.31. The topological polar surface area (TPSA) is 58.6 Å². The van der Waals surface area contributed by atoms with E-state index in [1.54, 1.807) is 0 Å². The van der Waals surface area contributed by atoms with Gasteiger partial charge in [0, 0.05) is 0 Å². The molecule has 2 saturated heterocycles. The summed E-state index contributed by atoms with van der Waals surface area (Å²) in [6.07, 6.45) is 8.12. The monoisotopic (exact) mass is 294 g/mol. The summed E-state index contributed by atoms with van der Waals surface area (Å²) >= 11 is 0. The van der Waals surface area contributed by atoms with E-state index in [4.69, 9.17) is 4.74 Å². The third kappa shape index (κ3) is 2.86. The molecule has 2 aliphatic heterocycles. The fourth-order valence-corrected chi connectivity index (χ4v) is 3.89. The van der Waals surface area contributed by atoms with E-state index < -0.39 is 5.54 Å². The molecule has 1 unspecified atom stereocenters. The van der Waals surface area contributed by atoms with Crippen LogP contribution in [0.4, 0.5) is 0 Å². The maximum absolute atomic E-state index is 12.4. The molecule has 1 N–H and O–H groups in total. The van der Waals surface area contributed by atoms with Gasteiger partial charge in [-0.2, -0.15) is 0 Å². The first-order valence-electron chi connectivity index (χ1n) is 8.20. The molecule has 5 heteroatoms. The van der Waals surface area contributed by atoms with Crippen LogP contribution in [-0.2, 0) is 14.3 Å². The number of piperazine rings is 1. The van der Waals surface area contributed by atoms with Crippen LogP contribution in [0.5, 0.6) is 0 Å². The summed E-state index contributed by atoms with van der Waals surface area (Å²) < 4.78 is 6.29. The Balaban J connectivity index is 1.64. The molecular formula is C16H26N2O3. The van der Waals surface area contributed by atoms with E-state index in [0.29, 0.717) is 6.54 Å². The van der Waals surface area contributed by atoms with Crippen LogP contribution < -0.4 is 5.32 Å². The Bertz CT molecular complexity index is 441. The molecule has 0 radical (unpaired) electrons. The smallest absolute Gasteiger partial charge is 0.249 e. The Morgan fingerprint density at radius 2 is 1.90 bits per heavy atom. The number of carbonyl (C=O) groups is 2. The number of hydrogen-bond donors (Lipinski definition) is 1. The van der Waals surface area contributed by atoms with Crippen molar-refractivity contribution in [1.82, 2.24) is 10.2 Å². The largest absolute Gasteiger partial charge is 0.370 e. The zero-order valence-corrected chi connectivity index (χ0v) is 13.1. The van der Waals surface area contributed by atoms with Crippen molar-refractivity contribution < 1.29 is 14.3 Å². The fourth-order valence-electron chi connectivity index (χ4n) is 3.89. The van der Waals surface area contributed by atoms with Crippen molar-refractivity contribution in [3.05, 3.63) is 0 Å². The van der Waals surface area contributed by atoms with E-state index in [1.807, 2.05) is 13.8 Å². The first-order valence-corrected chi connectivity index (χ1v) is 8.20. The molecular weight excluding hydrogens is 268 g/mol. The van der Waals surface area contributed by atoms with Crippen LogP contribution in [-0.4, -0.2) is 47.0 Å². The molecule has 5 nitrogen and oxygen atoms in total. The highest BCUT2D eigenvalue weighted by atomic mass is 16.5. The zero-order valence-electron chi connectivity index (χ0n) is 13.1. The van der Waals surface area contributed by atoms with Gasteiger partial charge in [-0.15, -0.1) is 0 Å². The molecule has 1 aliphatic carbocycles. The zero-order chi connectivity index (χ0) is 15.1. The maximum Gasteiger partial charge on any atom is 0.249 e. The van der Waals surface area contributed by atoms with E-state index in [0.717, 1.165) is 25.7 Å². The van der Waals surface area contributed by atoms with Gasteiger partial charge in [0.2, 0.25) is 11.8 Å². The minimum Gasteiger partial charge on any atom is -0.370 e. The summed E-state index contributed by atoms with van der Waals surface area (Å²) in [5.41, 5.74) is -0.617. The number of hydrogen-bond acceptors (Lipinski definition) is 4. The lowest BCUT2D eigenvalue weighted by atomic mass is 9.83. The Hall–Kier alpha value is -0.940. The molecule has 1 saturated carbocycles. The molecule has 1 atom stereocenters.